The molecule has 2 aromatic rings. The third-order valence-electron chi connectivity index (χ3n) is 2.92. The molecular formula is C14H19N5O. The summed E-state index contributed by atoms with van der Waals surface area (Å²) in [6.07, 6.45) is 5.80. The van der Waals surface area contributed by atoms with Crippen molar-refractivity contribution < 1.29 is 4.79 Å². The number of amides is 1. The van der Waals surface area contributed by atoms with Crippen molar-refractivity contribution in [2.24, 2.45) is 7.05 Å². The van der Waals surface area contributed by atoms with E-state index in [-0.39, 0.29) is 5.91 Å². The number of nitrogens with zero attached hydrogens (tertiary/aromatic N) is 3. The van der Waals surface area contributed by atoms with Crippen LogP contribution in [0.2, 0.25) is 0 Å². The molecule has 0 aromatic carbocycles. The SMILES string of the molecule is CCNc1ccncc1C(=O)Nc1cn(C)nc1CC. The van der Waals surface area contributed by atoms with Gasteiger partial charge in [0.05, 0.1) is 22.6 Å². The van der Waals surface area contributed by atoms with Crippen molar-refractivity contribution in [3.63, 3.8) is 0 Å². The number of anilines is 2. The summed E-state index contributed by atoms with van der Waals surface area (Å²) < 4.78 is 1.70. The lowest BCUT2D eigenvalue weighted by Crippen LogP contribution is -2.15. The van der Waals surface area contributed by atoms with E-state index < -0.39 is 0 Å². The number of aromatic nitrogens is 3. The molecule has 0 spiro atoms. The number of nitrogens with one attached hydrogen (secondary N) is 2. The van der Waals surface area contributed by atoms with Gasteiger partial charge in [0, 0.05) is 32.2 Å². The van der Waals surface area contributed by atoms with Crippen molar-refractivity contribution in [3.05, 3.63) is 35.9 Å². The third kappa shape index (κ3) is 2.96. The topological polar surface area (TPSA) is 71.8 Å². The molecule has 0 radical (unpaired) electrons. The van der Waals surface area contributed by atoms with Gasteiger partial charge in [0.1, 0.15) is 0 Å². The lowest BCUT2D eigenvalue weighted by Gasteiger charge is -2.10. The molecule has 0 aliphatic rings. The molecule has 2 rings (SSSR count). The number of hydrogen-bond donors (Lipinski definition) is 2. The number of aryl methyl sites for hydroxylation is 2. The monoisotopic (exact) mass is 273 g/mol. The molecule has 2 aromatic heterocycles. The van der Waals surface area contributed by atoms with Crippen molar-refractivity contribution in [1.82, 2.24) is 14.8 Å². The molecular weight excluding hydrogens is 254 g/mol. The quantitative estimate of drug-likeness (QED) is 0.874. The summed E-state index contributed by atoms with van der Waals surface area (Å²) in [5.41, 5.74) is 2.92. The van der Waals surface area contributed by atoms with Crippen LogP contribution >= 0.6 is 0 Å². The van der Waals surface area contributed by atoms with Crippen LogP contribution in [-0.4, -0.2) is 27.2 Å². The molecule has 0 saturated carbocycles. The molecule has 6 nitrogen and oxygen atoms in total. The van der Waals surface area contributed by atoms with Crippen LogP contribution in [0.3, 0.4) is 0 Å². The fourth-order valence-corrected chi connectivity index (χ4v) is 2.01. The fourth-order valence-electron chi connectivity index (χ4n) is 2.01. The molecule has 0 bridgehead atoms. The number of carbonyl (C=O) groups excluding carboxylic acids is 1. The molecule has 6 heteroatoms. The summed E-state index contributed by atoms with van der Waals surface area (Å²) in [6.45, 7) is 4.74. The molecule has 0 fully saturated rings. The van der Waals surface area contributed by atoms with Gasteiger partial charge in [0.2, 0.25) is 0 Å². The Hall–Kier alpha value is -2.37. The highest BCUT2D eigenvalue weighted by Crippen LogP contribution is 2.18. The molecule has 0 unspecified atom stereocenters. The van der Waals surface area contributed by atoms with Gasteiger partial charge in [-0.25, -0.2) is 0 Å². The standard InChI is InChI=1S/C14H19N5O/c1-4-11-13(9-19(3)18-11)17-14(20)10-8-15-7-6-12(10)16-5-2/h6-9H,4-5H2,1-3H3,(H,15,16)(H,17,20). The molecule has 2 N–H and O–H groups in total. The fraction of sp³-hybridized carbons (Fsp3) is 0.357. The number of rotatable bonds is 5. The van der Waals surface area contributed by atoms with Crippen molar-refractivity contribution in [2.75, 3.05) is 17.2 Å². The van der Waals surface area contributed by atoms with Gasteiger partial charge in [0.15, 0.2) is 0 Å². The maximum Gasteiger partial charge on any atom is 0.259 e. The van der Waals surface area contributed by atoms with Crippen LogP contribution in [0.5, 0.6) is 0 Å². The number of hydrogen-bond acceptors (Lipinski definition) is 4. The Morgan fingerprint density at radius 3 is 2.85 bits per heavy atom. The second-order valence-corrected chi connectivity index (χ2v) is 4.42. The maximum atomic E-state index is 12.4. The van der Waals surface area contributed by atoms with Crippen LogP contribution in [0.4, 0.5) is 11.4 Å². The van der Waals surface area contributed by atoms with Gasteiger partial charge in [0.25, 0.3) is 5.91 Å². The van der Waals surface area contributed by atoms with Gasteiger partial charge < -0.3 is 10.6 Å². The minimum absolute atomic E-state index is 0.184. The van der Waals surface area contributed by atoms with Crippen molar-refractivity contribution in [3.8, 4) is 0 Å². The van der Waals surface area contributed by atoms with Gasteiger partial charge >= 0.3 is 0 Å². The number of pyridine rings is 1. The first-order valence-corrected chi connectivity index (χ1v) is 6.67. The van der Waals surface area contributed by atoms with Gasteiger partial charge in [-0.05, 0) is 19.4 Å². The van der Waals surface area contributed by atoms with Gasteiger partial charge in [-0.2, -0.15) is 5.10 Å². The lowest BCUT2D eigenvalue weighted by molar-refractivity contribution is 0.102. The summed E-state index contributed by atoms with van der Waals surface area (Å²) in [5.74, 6) is -0.184. The summed E-state index contributed by atoms with van der Waals surface area (Å²) in [4.78, 5) is 16.4. The van der Waals surface area contributed by atoms with E-state index >= 15 is 0 Å². The summed E-state index contributed by atoms with van der Waals surface area (Å²) in [6, 6.07) is 1.79. The minimum Gasteiger partial charge on any atom is -0.385 e. The van der Waals surface area contributed by atoms with Crippen LogP contribution < -0.4 is 10.6 Å². The number of carbonyl (C=O) groups is 1. The van der Waals surface area contributed by atoms with Crippen LogP contribution in [0.1, 0.15) is 29.9 Å². The third-order valence-corrected chi connectivity index (χ3v) is 2.92. The Labute approximate surface area is 118 Å². The van der Waals surface area contributed by atoms with Gasteiger partial charge in [-0.3, -0.25) is 14.5 Å². The molecule has 106 valence electrons. The zero-order valence-corrected chi connectivity index (χ0v) is 12.0. The predicted octanol–water partition coefficient (Wildman–Crippen LogP) is 2.06. The normalized spacial score (nSPS) is 10.3. The highest BCUT2D eigenvalue weighted by atomic mass is 16.1. The van der Waals surface area contributed by atoms with Gasteiger partial charge in [-0.15, -0.1) is 0 Å². The van der Waals surface area contributed by atoms with Crippen molar-refractivity contribution >= 4 is 17.3 Å². The van der Waals surface area contributed by atoms with E-state index in [0.717, 1.165) is 30.0 Å². The van der Waals surface area contributed by atoms with E-state index in [1.165, 1.54) is 0 Å². The van der Waals surface area contributed by atoms with Crippen LogP contribution in [0.15, 0.2) is 24.7 Å². The Kier molecular flexibility index (Phi) is 4.34. The summed E-state index contributed by atoms with van der Waals surface area (Å²) in [5, 5.41) is 10.4. The minimum atomic E-state index is -0.184. The average molecular weight is 273 g/mol. The molecule has 0 saturated heterocycles. The Balaban J connectivity index is 2.23. The predicted molar refractivity (Wildman–Crippen MR) is 78.9 cm³/mol. The highest BCUT2D eigenvalue weighted by Gasteiger charge is 2.14. The van der Waals surface area contributed by atoms with Crippen LogP contribution in [0.25, 0.3) is 0 Å². The Morgan fingerprint density at radius 2 is 2.15 bits per heavy atom. The van der Waals surface area contributed by atoms with E-state index in [1.54, 1.807) is 29.3 Å². The molecule has 0 aliphatic carbocycles. The van der Waals surface area contributed by atoms with E-state index in [2.05, 4.69) is 20.7 Å². The van der Waals surface area contributed by atoms with Crippen LogP contribution in [-0.2, 0) is 13.5 Å². The molecule has 1 amide bonds. The smallest absolute Gasteiger partial charge is 0.259 e. The van der Waals surface area contributed by atoms with E-state index in [0.29, 0.717) is 5.56 Å². The van der Waals surface area contributed by atoms with Gasteiger partial charge in [-0.1, -0.05) is 6.92 Å². The first-order chi connectivity index (χ1) is 9.65. The first-order valence-electron chi connectivity index (χ1n) is 6.67. The Bertz CT molecular complexity index is 605. The lowest BCUT2D eigenvalue weighted by atomic mass is 10.2. The summed E-state index contributed by atoms with van der Waals surface area (Å²) >= 11 is 0. The maximum absolute atomic E-state index is 12.4. The highest BCUT2D eigenvalue weighted by molar-refractivity contribution is 6.08. The Morgan fingerprint density at radius 1 is 1.35 bits per heavy atom. The molecule has 2 heterocycles. The van der Waals surface area contributed by atoms with E-state index in [9.17, 15) is 4.79 Å². The second-order valence-electron chi connectivity index (χ2n) is 4.42. The van der Waals surface area contributed by atoms with Crippen LogP contribution in [0, 0.1) is 0 Å². The molecule has 0 atom stereocenters. The van der Waals surface area contributed by atoms with Crippen molar-refractivity contribution in [2.45, 2.75) is 20.3 Å². The summed E-state index contributed by atoms with van der Waals surface area (Å²) in [7, 11) is 1.84. The second kappa shape index (κ2) is 6.18. The first kappa shape index (κ1) is 14.0. The zero-order chi connectivity index (χ0) is 14.5. The van der Waals surface area contributed by atoms with E-state index in [1.807, 2.05) is 20.9 Å². The largest absolute Gasteiger partial charge is 0.385 e. The molecule has 0 aliphatic heterocycles. The zero-order valence-electron chi connectivity index (χ0n) is 12.0. The van der Waals surface area contributed by atoms with Crippen molar-refractivity contribution in [1.29, 1.82) is 0 Å². The van der Waals surface area contributed by atoms with E-state index in [4.69, 9.17) is 0 Å². The molecule has 20 heavy (non-hydrogen) atoms. The average Bonchev–Trinajstić information content (AvgIpc) is 2.79.